The summed E-state index contributed by atoms with van der Waals surface area (Å²) in [5, 5.41) is 4.09. The number of carbonyl (C=O) groups excluding carboxylic acids is 2. The van der Waals surface area contributed by atoms with Crippen molar-refractivity contribution >= 4 is 11.8 Å². The molecule has 1 fully saturated rings. The van der Waals surface area contributed by atoms with Crippen LogP contribution in [-0.2, 0) is 11.8 Å². The van der Waals surface area contributed by atoms with Crippen molar-refractivity contribution in [1.82, 2.24) is 14.7 Å². The lowest BCUT2D eigenvalue weighted by Gasteiger charge is -2.37. The highest BCUT2D eigenvalue weighted by Crippen LogP contribution is 2.29. The SMILES string of the molecule is Cn1ccc(C(=O)N2CCC[C@](C)(C(N)=O)C2)n1. The first kappa shape index (κ1) is 12.6. The molecule has 0 unspecified atom stereocenters. The molecule has 6 heteroatoms. The Kier molecular flexibility index (Phi) is 3.11. The van der Waals surface area contributed by atoms with E-state index in [1.807, 2.05) is 6.92 Å². The summed E-state index contributed by atoms with van der Waals surface area (Å²) in [6.07, 6.45) is 3.25. The van der Waals surface area contributed by atoms with Gasteiger partial charge < -0.3 is 10.6 Å². The van der Waals surface area contributed by atoms with Crippen LogP contribution in [0.1, 0.15) is 30.3 Å². The first-order valence-corrected chi connectivity index (χ1v) is 6.01. The minimum Gasteiger partial charge on any atom is -0.369 e. The highest BCUT2D eigenvalue weighted by Gasteiger charge is 2.38. The van der Waals surface area contributed by atoms with Gasteiger partial charge in [0.2, 0.25) is 5.91 Å². The lowest BCUT2D eigenvalue weighted by molar-refractivity contribution is -0.129. The first-order chi connectivity index (χ1) is 8.42. The number of primary amides is 1. The first-order valence-electron chi connectivity index (χ1n) is 6.01. The van der Waals surface area contributed by atoms with E-state index in [1.165, 1.54) is 0 Å². The molecule has 1 aromatic heterocycles. The number of piperidine rings is 1. The number of nitrogens with two attached hydrogens (primary N) is 1. The Hall–Kier alpha value is -1.85. The molecule has 2 N–H and O–H groups in total. The second-order valence-corrected chi connectivity index (χ2v) is 5.13. The van der Waals surface area contributed by atoms with Gasteiger partial charge >= 0.3 is 0 Å². The molecule has 18 heavy (non-hydrogen) atoms. The lowest BCUT2D eigenvalue weighted by Crippen LogP contribution is -2.50. The molecule has 0 aromatic carbocycles. The van der Waals surface area contributed by atoms with Gasteiger partial charge in [0.25, 0.3) is 5.91 Å². The summed E-state index contributed by atoms with van der Waals surface area (Å²) in [5.41, 5.74) is 5.20. The molecule has 1 aromatic rings. The van der Waals surface area contributed by atoms with Gasteiger partial charge in [-0.3, -0.25) is 14.3 Å². The van der Waals surface area contributed by atoms with E-state index >= 15 is 0 Å². The summed E-state index contributed by atoms with van der Waals surface area (Å²) in [5.74, 6) is -0.483. The number of aryl methyl sites for hydroxylation is 1. The third kappa shape index (κ3) is 2.23. The molecule has 1 atom stereocenters. The predicted octanol–water partition coefficient (Wildman–Crippen LogP) is 0.148. The van der Waals surface area contributed by atoms with E-state index in [2.05, 4.69) is 5.10 Å². The Labute approximate surface area is 106 Å². The number of hydrogen-bond donors (Lipinski definition) is 1. The van der Waals surface area contributed by atoms with E-state index in [0.717, 1.165) is 12.8 Å². The van der Waals surface area contributed by atoms with E-state index in [1.54, 1.807) is 28.9 Å². The maximum atomic E-state index is 12.2. The molecule has 1 aliphatic heterocycles. The number of rotatable bonds is 2. The number of nitrogens with zero attached hydrogens (tertiary/aromatic N) is 3. The molecule has 6 nitrogen and oxygen atoms in total. The fraction of sp³-hybridized carbons (Fsp3) is 0.583. The standard InChI is InChI=1S/C12H18N4O2/c1-12(11(13)18)5-3-6-16(8-12)10(17)9-4-7-15(2)14-9/h4,7H,3,5-6,8H2,1-2H3,(H2,13,18)/t12-/m0/s1. The molecule has 0 aliphatic carbocycles. The number of hydrogen-bond acceptors (Lipinski definition) is 3. The molecule has 1 aliphatic rings. The van der Waals surface area contributed by atoms with Crippen molar-refractivity contribution in [3.8, 4) is 0 Å². The summed E-state index contributed by atoms with van der Waals surface area (Å²) < 4.78 is 1.59. The van der Waals surface area contributed by atoms with Crippen molar-refractivity contribution < 1.29 is 9.59 Å². The highest BCUT2D eigenvalue weighted by molar-refractivity contribution is 5.93. The largest absolute Gasteiger partial charge is 0.369 e. The quantitative estimate of drug-likeness (QED) is 0.811. The summed E-state index contributed by atoms with van der Waals surface area (Å²) in [6, 6.07) is 1.68. The second-order valence-electron chi connectivity index (χ2n) is 5.13. The van der Waals surface area contributed by atoms with Gasteiger partial charge in [-0.05, 0) is 25.8 Å². The molecule has 2 rings (SSSR count). The molecule has 0 radical (unpaired) electrons. The maximum absolute atomic E-state index is 12.2. The molecule has 0 saturated carbocycles. The molecule has 2 heterocycles. The van der Waals surface area contributed by atoms with Crippen molar-refractivity contribution in [2.24, 2.45) is 18.2 Å². The third-order valence-electron chi connectivity index (χ3n) is 3.51. The van der Waals surface area contributed by atoms with Crippen LogP contribution in [0, 0.1) is 5.41 Å². The minimum absolute atomic E-state index is 0.136. The van der Waals surface area contributed by atoms with Crippen molar-refractivity contribution in [3.05, 3.63) is 18.0 Å². The van der Waals surface area contributed by atoms with Crippen molar-refractivity contribution in [2.75, 3.05) is 13.1 Å². The normalized spacial score (nSPS) is 24.0. The molecular formula is C12H18N4O2. The summed E-state index contributed by atoms with van der Waals surface area (Å²) in [7, 11) is 1.76. The molecular weight excluding hydrogens is 232 g/mol. The van der Waals surface area contributed by atoms with Gasteiger partial charge in [0, 0.05) is 26.3 Å². The predicted molar refractivity (Wildman–Crippen MR) is 65.6 cm³/mol. The summed E-state index contributed by atoms with van der Waals surface area (Å²) in [4.78, 5) is 25.3. The van der Waals surface area contributed by atoms with Gasteiger partial charge in [-0.25, -0.2) is 0 Å². The van der Waals surface area contributed by atoms with Crippen molar-refractivity contribution in [2.45, 2.75) is 19.8 Å². The maximum Gasteiger partial charge on any atom is 0.274 e. The van der Waals surface area contributed by atoms with Gasteiger partial charge in [0.05, 0.1) is 5.41 Å². The second kappa shape index (κ2) is 4.44. The zero-order chi connectivity index (χ0) is 13.3. The smallest absolute Gasteiger partial charge is 0.274 e. The average molecular weight is 250 g/mol. The number of amides is 2. The summed E-state index contributed by atoms with van der Waals surface area (Å²) in [6.45, 7) is 2.84. The van der Waals surface area contributed by atoms with Gasteiger partial charge in [-0.2, -0.15) is 5.10 Å². The molecule has 2 amide bonds. The third-order valence-corrected chi connectivity index (χ3v) is 3.51. The van der Waals surface area contributed by atoms with E-state index in [9.17, 15) is 9.59 Å². The molecule has 0 bridgehead atoms. The highest BCUT2D eigenvalue weighted by atomic mass is 16.2. The van der Waals surface area contributed by atoms with Crippen LogP contribution in [0.3, 0.4) is 0 Å². The number of likely N-dealkylation sites (tertiary alicyclic amines) is 1. The van der Waals surface area contributed by atoms with Gasteiger partial charge in [0.1, 0.15) is 5.69 Å². The van der Waals surface area contributed by atoms with Crippen LogP contribution in [0.4, 0.5) is 0 Å². The average Bonchev–Trinajstić information content (AvgIpc) is 2.75. The van der Waals surface area contributed by atoms with Gasteiger partial charge in [-0.15, -0.1) is 0 Å². The Balaban J connectivity index is 2.14. The fourth-order valence-corrected chi connectivity index (χ4v) is 2.31. The Morgan fingerprint density at radius 3 is 2.78 bits per heavy atom. The fourth-order valence-electron chi connectivity index (χ4n) is 2.31. The zero-order valence-corrected chi connectivity index (χ0v) is 10.7. The van der Waals surface area contributed by atoms with Crippen molar-refractivity contribution in [1.29, 1.82) is 0 Å². The van der Waals surface area contributed by atoms with Gasteiger partial charge in [-0.1, -0.05) is 0 Å². The van der Waals surface area contributed by atoms with Crippen LogP contribution in [0.25, 0.3) is 0 Å². The van der Waals surface area contributed by atoms with E-state index in [-0.39, 0.29) is 11.8 Å². The van der Waals surface area contributed by atoms with Crippen LogP contribution in [0.2, 0.25) is 0 Å². The van der Waals surface area contributed by atoms with Gasteiger partial charge in [0.15, 0.2) is 0 Å². The Bertz CT molecular complexity index is 482. The van der Waals surface area contributed by atoms with Crippen LogP contribution >= 0.6 is 0 Å². The molecule has 1 saturated heterocycles. The van der Waals surface area contributed by atoms with Crippen LogP contribution in [0.15, 0.2) is 12.3 Å². The number of carbonyl (C=O) groups is 2. The van der Waals surface area contributed by atoms with Crippen LogP contribution in [-0.4, -0.2) is 39.6 Å². The molecule has 98 valence electrons. The number of aromatic nitrogens is 2. The Morgan fingerprint density at radius 1 is 1.50 bits per heavy atom. The molecule has 0 spiro atoms. The summed E-state index contributed by atoms with van der Waals surface area (Å²) >= 11 is 0. The van der Waals surface area contributed by atoms with E-state index in [0.29, 0.717) is 18.8 Å². The lowest BCUT2D eigenvalue weighted by atomic mass is 9.81. The Morgan fingerprint density at radius 2 is 2.22 bits per heavy atom. The van der Waals surface area contributed by atoms with E-state index in [4.69, 9.17) is 5.73 Å². The van der Waals surface area contributed by atoms with Crippen LogP contribution < -0.4 is 5.73 Å². The zero-order valence-electron chi connectivity index (χ0n) is 10.7. The van der Waals surface area contributed by atoms with E-state index < -0.39 is 5.41 Å². The van der Waals surface area contributed by atoms with Crippen LogP contribution in [0.5, 0.6) is 0 Å². The van der Waals surface area contributed by atoms with Crippen molar-refractivity contribution in [3.63, 3.8) is 0 Å². The topological polar surface area (TPSA) is 81.2 Å². The monoisotopic (exact) mass is 250 g/mol. The minimum atomic E-state index is -0.622.